The largest absolute Gasteiger partial charge is 0.336 e. The topological polar surface area (TPSA) is 12.5 Å². The molecule has 3 aromatic carbocycles. The van der Waals surface area contributed by atoms with E-state index in [4.69, 9.17) is 4.52 Å². The number of benzene rings is 3. The number of thioether (sulfide) groups is 1. The molecule has 3 aromatic rings. The second-order valence-electron chi connectivity index (χ2n) is 17.7. The molecule has 0 N–H and O–H groups in total. The van der Waals surface area contributed by atoms with Crippen molar-refractivity contribution in [3.05, 3.63) is 214 Å². The monoisotopic (exact) mass is 796 g/mol. The Morgan fingerprint density at radius 1 is 0.729 bits per heavy atom. The van der Waals surface area contributed by atoms with Gasteiger partial charge < -0.3 is 4.90 Å². The van der Waals surface area contributed by atoms with Gasteiger partial charge in [0.25, 0.3) is 7.77 Å². The molecule has 4 aliphatic heterocycles. The normalized spacial score (nSPS) is 31.7. The molecule has 2 nitrogen and oxygen atoms in total. The molecule has 1 spiro atoms. The minimum Gasteiger partial charge on any atom is -0.336 e. The molecule has 7 aliphatic carbocycles. The van der Waals surface area contributed by atoms with Crippen LogP contribution in [0.2, 0.25) is 0 Å². The Balaban J connectivity index is 1.04. The molecule has 8 unspecified atom stereocenters. The van der Waals surface area contributed by atoms with Crippen LogP contribution in [0, 0.1) is 5.92 Å². The van der Waals surface area contributed by atoms with E-state index < -0.39 is 7.77 Å². The summed E-state index contributed by atoms with van der Waals surface area (Å²) in [4.78, 5) is 4.23. The molecule has 0 bridgehead atoms. The number of fused-ring (bicyclic) bond motifs is 17. The molecule has 0 radical (unpaired) electrons. The third-order valence-corrected chi connectivity index (χ3v) is 18.6. The highest BCUT2D eigenvalue weighted by Gasteiger charge is 2.62. The van der Waals surface area contributed by atoms with Crippen LogP contribution >= 0.6 is 19.5 Å². The molecule has 0 saturated carbocycles. The first kappa shape index (κ1) is 33.6. The maximum atomic E-state index is 7.38. The minimum atomic E-state index is -1.03. The van der Waals surface area contributed by atoms with Gasteiger partial charge in [0.2, 0.25) is 0 Å². The minimum absolute atomic E-state index is 0.0711. The first-order valence-electron chi connectivity index (χ1n) is 21.8. The lowest BCUT2D eigenvalue weighted by molar-refractivity contribution is 0.222. The van der Waals surface area contributed by atoms with Crippen molar-refractivity contribution in [1.82, 2.24) is 4.90 Å². The van der Waals surface area contributed by atoms with Crippen LogP contribution in [0.25, 0.3) is 22.3 Å². The van der Waals surface area contributed by atoms with Gasteiger partial charge in [0.15, 0.2) is 10.6 Å². The van der Waals surface area contributed by atoms with Gasteiger partial charge in [-0.1, -0.05) is 140 Å². The standard InChI is InChI=1S/C55H43NOPS/c1-2-13-35(14-3-1)57-58-49-23-10-5-16-37(49)41-29-30-44-52(54(41)58)42-28-26-33(34-25-27-39-38-17-6-11-24-50(38)59-51(39)32-34)31-46(42)55(44)43-19-7-9-22-48(43)56-47-21-8-4-15-36(47)40-18-12-20-45(55)53(40)56/h1-3,5-8,10-13,16-21,23-32,35,37-38,45,50,53H,4,9,14-15,22H2/q+1. The molecule has 0 saturated heterocycles. The second kappa shape index (κ2) is 12.4. The third kappa shape index (κ3) is 4.41. The molecule has 14 rings (SSSR count). The van der Waals surface area contributed by atoms with Gasteiger partial charge in [-0.25, -0.2) is 0 Å². The zero-order valence-corrected chi connectivity index (χ0v) is 34.5. The molecule has 4 heteroatoms. The van der Waals surface area contributed by atoms with Crippen molar-refractivity contribution in [2.45, 2.75) is 71.6 Å². The van der Waals surface area contributed by atoms with Crippen molar-refractivity contribution in [2.75, 3.05) is 0 Å². The van der Waals surface area contributed by atoms with Crippen LogP contribution in [0.1, 0.15) is 66.2 Å². The van der Waals surface area contributed by atoms with Crippen molar-refractivity contribution < 1.29 is 4.52 Å². The summed E-state index contributed by atoms with van der Waals surface area (Å²) in [7, 11) is -1.03. The predicted molar refractivity (Wildman–Crippen MR) is 246 cm³/mol. The third-order valence-electron chi connectivity index (χ3n) is 15.0. The summed E-state index contributed by atoms with van der Waals surface area (Å²) in [5.74, 6) is 0.939. The number of nitrogens with zero attached hydrogens (tertiary/aromatic N) is 1. The molecular formula is C55H43NOPS+. The molecule has 0 aromatic heterocycles. The zero-order valence-electron chi connectivity index (χ0n) is 32.8. The van der Waals surface area contributed by atoms with Crippen LogP contribution in [0.4, 0.5) is 0 Å². The summed E-state index contributed by atoms with van der Waals surface area (Å²) < 4.78 is 7.38. The Morgan fingerprint density at radius 2 is 1.59 bits per heavy atom. The highest BCUT2D eigenvalue weighted by Crippen LogP contribution is 2.67. The summed E-state index contributed by atoms with van der Waals surface area (Å²) in [5, 5.41) is 3.37. The van der Waals surface area contributed by atoms with Gasteiger partial charge in [-0.05, 0) is 100 Å². The van der Waals surface area contributed by atoms with Crippen molar-refractivity contribution in [3.8, 4) is 22.3 Å². The van der Waals surface area contributed by atoms with Crippen LogP contribution in [-0.4, -0.2) is 27.6 Å². The van der Waals surface area contributed by atoms with E-state index in [1.807, 2.05) is 11.8 Å². The maximum Gasteiger partial charge on any atom is 0.299 e. The van der Waals surface area contributed by atoms with Crippen LogP contribution in [0.15, 0.2) is 197 Å². The quantitative estimate of drug-likeness (QED) is 0.245. The SMILES string of the molecule is C1=CCC(O[P+]2=C3C=CC=CC3c3ccc4c(c32)-c2ccc(-c3ccc5c(c3)SC3C=CC=CC53)cc2C42C3=C(CCC=C3)N3C4=C(CCC=C4)C4=CC=CC2C43)C=C1. The number of allylic oxidation sites excluding steroid dienone is 17. The molecule has 8 atom stereocenters. The second-order valence-corrected chi connectivity index (χ2v) is 20.7. The fourth-order valence-corrected chi connectivity index (χ4v) is 16.6. The molecule has 0 fully saturated rings. The van der Waals surface area contributed by atoms with Gasteiger partial charge in [0.05, 0.1) is 17.4 Å². The number of rotatable bonds is 3. The van der Waals surface area contributed by atoms with Crippen LogP contribution in [0.5, 0.6) is 0 Å². The molecule has 11 aliphatic rings. The molecular weight excluding hydrogens is 754 g/mol. The smallest absolute Gasteiger partial charge is 0.299 e. The van der Waals surface area contributed by atoms with Gasteiger partial charge in [-0.3, -0.25) is 0 Å². The van der Waals surface area contributed by atoms with E-state index in [1.165, 1.54) is 77.0 Å². The molecule has 0 amide bonds. The Bertz CT molecular complexity index is 2920. The summed E-state index contributed by atoms with van der Waals surface area (Å²) in [5.41, 5.74) is 18.6. The lowest BCUT2D eigenvalue weighted by Gasteiger charge is -2.53. The Labute approximate surface area is 352 Å². The fourth-order valence-electron chi connectivity index (χ4n) is 12.7. The van der Waals surface area contributed by atoms with Crippen LogP contribution in [0.3, 0.4) is 0 Å². The van der Waals surface area contributed by atoms with Crippen LogP contribution in [-0.2, 0) is 9.94 Å². The summed E-state index contributed by atoms with van der Waals surface area (Å²) >= 11 is 2.03. The molecule has 4 heterocycles. The van der Waals surface area contributed by atoms with Gasteiger partial charge >= 0.3 is 0 Å². The summed E-state index contributed by atoms with van der Waals surface area (Å²) in [6.07, 6.45) is 50.1. The van der Waals surface area contributed by atoms with E-state index in [2.05, 4.69) is 169 Å². The van der Waals surface area contributed by atoms with E-state index in [1.54, 1.807) is 11.1 Å². The van der Waals surface area contributed by atoms with E-state index in [0.29, 0.717) is 11.2 Å². The van der Waals surface area contributed by atoms with Gasteiger partial charge in [-0.15, -0.1) is 11.8 Å². The summed E-state index contributed by atoms with van der Waals surface area (Å²) in [6.45, 7) is 0. The Hall–Kier alpha value is -5.18. The van der Waals surface area contributed by atoms with E-state index in [-0.39, 0.29) is 29.4 Å². The van der Waals surface area contributed by atoms with Crippen molar-refractivity contribution >= 4 is 30.1 Å². The molecule has 59 heavy (non-hydrogen) atoms. The zero-order chi connectivity index (χ0) is 38.4. The fraction of sp³-hybridized carbons (Fsp3) is 0.218. The first-order chi connectivity index (χ1) is 29.3. The van der Waals surface area contributed by atoms with E-state index >= 15 is 0 Å². The average molecular weight is 797 g/mol. The van der Waals surface area contributed by atoms with Gasteiger partial charge in [0, 0.05) is 50.9 Å². The van der Waals surface area contributed by atoms with Crippen molar-refractivity contribution in [3.63, 3.8) is 0 Å². The highest BCUT2D eigenvalue weighted by atomic mass is 32.2. The lowest BCUT2D eigenvalue weighted by atomic mass is 9.56. The Morgan fingerprint density at radius 3 is 2.56 bits per heavy atom. The first-order valence-corrected chi connectivity index (χ1v) is 23.9. The number of hydrogen-bond acceptors (Lipinski definition) is 3. The van der Waals surface area contributed by atoms with Gasteiger partial charge in [0.1, 0.15) is 6.10 Å². The summed E-state index contributed by atoms with van der Waals surface area (Å²) in [6, 6.07) is 20.3. The van der Waals surface area contributed by atoms with Gasteiger partial charge in [-0.2, -0.15) is 4.52 Å². The Kier molecular flexibility index (Phi) is 7.09. The maximum absolute atomic E-state index is 7.38. The van der Waals surface area contributed by atoms with Crippen molar-refractivity contribution in [2.24, 2.45) is 5.92 Å². The van der Waals surface area contributed by atoms with Crippen LogP contribution < -0.4 is 5.30 Å². The predicted octanol–water partition coefficient (Wildman–Crippen LogP) is 12.6. The highest BCUT2D eigenvalue weighted by molar-refractivity contribution is 8.00. The average Bonchev–Trinajstić information content (AvgIpc) is 4.02. The van der Waals surface area contributed by atoms with Crippen molar-refractivity contribution in [1.29, 1.82) is 0 Å². The van der Waals surface area contributed by atoms with E-state index in [9.17, 15) is 0 Å². The van der Waals surface area contributed by atoms with E-state index in [0.717, 1.165) is 32.1 Å². The molecule has 284 valence electrons. The lowest BCUT2D eigenvalue weighted by Crippen LogP contribution is -2.53. The number of hydrogen-bond donors (Lipinski definition) is 0.